The number of hydrogen-bond acceptors (Lipinski definition) is 3. The highest BCUT2D eigenvalue weighted by Gasteiger charge is 2.50. The van der Waals surface area contributed by atoms with Gasteiger partial charge in [-0.15, -0.1) is 11.5 Å². The molecule has 1 saturated heterocycles. The minimum absolute atomic E-state index is 0.131. The third-order valence-corrected chi connectivity index (χ3v) is 5.09. The molecule has 0 radical (unpaired) electrons. The number of nitrogens with zero attached hydrogens (tertiary/aromatic N) is 1. The van der Waals surface area contributed by atoms with Crippen molar-refractivity contribution in [2.45, 2.75) is 44.4 Å². The van der Waals surface area contributed by atoms with Crippen LogP contribution in [-0.2, 0) is 9.53 Å². The average Bonchev–Trinajstić information content (AvgIpc) is 2.98. The van der Waals surface area contributed by atoms with Crippen molar-refractivity contribution in [2.75, 3.05) is 13.7 Å². The Bertz CT molecular complexity index is 669. The molecule has 1 aliphatic rings. The smallest absolute Gasteiger partial charge is 0.332 e. The van der Waals surface area contributed by atoms with Gasteiger partial charge in [0.25, 0.3) is 5.91 Å². The molecule has 0 aromatic heterocycles. The van der Waals surface area contributed by atoms with Crippen LogP contribution in [0, 0.1) is 11.5 Å². The van der Waals surface area contributed by atoms with Crippen molar-refractivity contribution in [1.29, 1.82) is 0 Å². The van der Waals surface area contributed by atoms with Crippen LogP contribution in [0.4, 0.5) is 0 Å². The van der Waals surface area contributed by atoms with Gasteiger partial charge in [-0.3, -0.25) is 4.79 Å². The minimum Gasteiger partial charge on any atom is -0.467 e. The highest BCUT2D eigenvalue weighted by atomic mass is 28.3. The molecule has 1 aromatic carbocycles. The van der Waals surface area contributed by atoms with Gasteiger partial charge in [0.2, 0.25) is 0 Å². The Kier molecular flexibility index (Phi) is 5.50. The third-order valence-electron chi connectivity index (χ3n) is 4.16. The van der Waals surface area contributed by atoms with E-state index in [0.717, 1.165) is 6.42 Å². The maximum atomic E-state index is 12.9. The Morgan fingerprint density at radius 3 is 2.50 bits per heavy atom. The van der Waals surface area contributed by atoms with Gasteiger partial charge < -0.3 is 9.64 Å². The molecule has 2 rings (SSSR count). The number of carbonyl (C=O) groups excluding carboxylic acids is 2. The van der Waals surface area contributed by atoms with Crippen molar-refractivity contribution >= 4 is 20.0 Å². The number of amides is 1. The van der Waals surface area contributed by atoms with Crippen LogP contribution in [0.3, 0.4) is 0 Å². The number of methoxy groups -OCH3 is 1. The van der Waals surface area contributed by atoms with Crippen molar-refractivity contribution in [2.24, 2.45) is 0 Å². The summed E-state index contributed by atoms with van der Waals surface area (Å²) in [5.74, 6) is 2.68. The van der Waals surface area contributed by atoms with Gasteiger partial charge in [0.1, 0.15) is 8.07 Å². The van der Waals surface area contributed by atoms with Gasteiger partial charge in [-0.2, -0.15) is 0 Å². The van der Waals surface area contributed by atoms with Crippen LogP contribution in [0.2, 0.25) is 19.6 Å². The summed E-state index contributed by atoms with van der Waals surface area (Å²) in [7, 11) is -0.162. The van der Waals surface area contributed by atoms with E-state index in [1.54, 1.807) is 17.0 Å². The molecule has 24 heavy (non-hydrogen) atoms. The maximum Gasteiger partial charge on any atom is 0.332 e. The molecule has 128 valence electrons. The second-order valence-corrected chi connectivity index (χ2v) is 11.9. The number of carbonyl (C=O) groups is 2. The topological polar surface area (TPSA) is 46.6 Å². The predicted molar refractivity (Wildman–Crippen MR) is 97.2 cm³/mol. The molecule has 1 aromatic rings. The van der Waals surface area contributed by atoms with Crippen LogP contribution >= 0.6 is 0 Å². The molecule has 1 amide bonds. The van der Waals surface area contributed by atoms with Gasteiger partial charge in [-0.1, -0.05) is 37.8 Å². The second-order valence-electron chi connectivity index (χ2n) is 7.18. The first-order chi connectivity index (χ1) is 11.3. The average molecular weight is 343 g/mol. The van der Waals surface area contributed by atoms with E-state index in [9.17, 15) is 9.59 Å². The van der Waals surface area contributed by atoms with E-state index in [0.29, 0.717) is 24.9 Å². The first-order valence-electron chi connectivity index (χ1n) is 8.26. The SMILES string of the molecule is COC(=O)C1(CC#C[Si](C)(C)C)CCCN1C(=O)c1ccccc1. The summed E-state index contributed by atoms with van der Waals surface area (Å²) in [6.07, 6.45) is 1.71. The monoisotopic (exact) mass is 343 g/mol. The van der Waals surface area contributed by atoms with Gasteiger partial charge in [0.15, 0.2) is 5.54 Å². The van der Waals surface area contributed by atoms with Gasteiger partial charge in [-0.05, 0) is 25.0 Å². The van der Waals surface area contributed by atoms with E-state index >= 15 is 0 Å². The Balaban J connectivity index is 2.35. The zero-order valence-corrected chi connectivity index (χ0v) is 15.9. The largest absolute Gasteiger partial charge is 0.467 e. The highest BCUT2D eigenvalue weighted by molar-refractivity contribution is 6.83. The fourth-order valence-corrected chi connectivity index (χ4v) is 3.64. The molecule has 1 aliphatic heterocycles. The lowest BCUT2D eigenvalue weighted by Gasteiger charge is -2.34. The fraction of sp³-hybridized carbons (Fsp3) is 0.474. The molecule has 0 N–H and O–H groups in total. The van der Waals surface area contributed by atoms with Crippen molar-refractivity contribution in [3.8, 4) is 11.5 Å². The number of hydrogen-bond donors (Lipinski definition) is 0. The second kappa shape index (κ2) is 7.23. The summed E-state index contributed by atoms with van der Waals surface area (Å²) < 4.78 is 5.05. The molecule has 1 fully saturated rings. The zero-order chi connectivity index (χ0) is 17.8. The van der Waals surface area contributed by atoms with E-state index in [2.05, 4.69) is 31.1 Å². The maximum absolute atomic E-state index is 12.9. The van der Waals surface area contributed by atoms with Crippen LogP contribution in [-0.4, -0.2) is 44.0 Å². The molecule has 1 atom stereocenters. The molecule has 1 heterocycles. The highest BCUT2D eigenvalue weighted by Crippen LogP contribution is 2.35. The number of benzene rings is 1. The van der Waals surface area contributed by atoms with Crippen LogP contribution in [0.1, 0.15) is 29.6 Å². The summed E-state index contributed by atoms with van der Waals surface area (Å²) in [6.45, 7) is 7.03. The van der Waals surface area contributed by atoms with E-state index in [4.69, 9.17) is 4.74 Å². The van der Waals surface area contributed by atoms with E-state index in [1.165, 1.54) is 7.11 Å². The van der Waals surface area contributed by atoms with Gasteiger partial charge >= 0.3 is 5.97 Å². The standard InChI is InChI=1S/C19H25NO3Si/c1-23-18(22)19(13-9-15-24(2,3)4)12-8-14-20(19)17(21)16-10-6-5-7-11-16/h5-7,10-11H,8,12-14H2,1-4H3. The fourth-order valence-electron chi connectivity index (χ4n) is 3.02. The van der Waals surface area contributed by atoms with Crippen LogP contribution in [0.5, 0.6) is 0 Å². The van der Waals surface area contributed by atoms with E-state index < -0.39 is 13.6 Å². The summed E-state index contributed by atoms with van der Waals surface area (Å²) >= 11 is 0. The van der Waals surface area contributed by atoms with Crippen molar-refractivity contribution in [3.63, 3.8) is 0 Å². The van der Waals surface area contributed by atoms with Crippen LogP contribution < -0.4 is 0 Å². The number of likely N-dealkylation sites (tertiary alicyclic amines) is 1. The lowest BCUT2D eigenvalue weighted by Crippen LogP contribution is -2.53. The summed E-state index contributed by atoms with van der Waals surface area (Å²) in [5, 5.41) is 0. The predicted octanol–water partition coefficient (Wildman–Crippen LogP) is 3.11. The van der Waals surface area contributed by atoms with E-state index in [-0.39, 0.29) is 11.9 Å². The molecule has 0 bridgehead atoms. The molecular formula is C19H25NO3Si. The minimum atomic E-state index is -1.54. The van der Waals surface area contributed by atoms with Crippen molar-refractivity contribution in [3.05, 3.63) is 35.9 Å². The summed E-state index contributed by atoms with van der Waals surface area (Å²) in [6, 6.07) is 9.07. The lowest BCUT2D eigenvalue weighted by atomic mass is 9.91. The molecule has 4 nitrogen and oxygen atoms in total. The Hall–Kier alpha value is -2.06. The van der Waals surface area contributed by atoms with Crippen molar-refractivity contribution in [1.82, 2.24) is 4.90 Å². The number of ether oxygens (including phenoxy) is 1. The van der Waals surface area contributed by atoms with Crippen LogP contribution in [0.25, 0.3) is 0 Å². The summed E-state index contributed by atoms with van der Waals surface area (Å²) in [5.41, 5.74) is 2.92. The van der Waals surface area contributed by atoms with E-state index in [1.807, 2.05) is 18.2 Å². The Labute approximate surface area is 145 Å². The number of esters is 1. The first kappa shape index (κ1) is 18.3. The quantitative estimate of drug-likeness (QED) is 0.481. The van der Waals surface area contributed by atoms with Gasteiger partial charge in [-0.25, -0.2) is 4.79 Å². The summed E-state index contributed by atoms with van der Waals surface area (Å²) in [4.78, 5) is 27.1. The molecule has 0 spiro atoms. The molecule has 0 aliphatic carbocycles. The van der Waals surface area contributed by atoms with Crippen molar-refractivity contribution < 1.29 is 14.3 Å². The van der Waals surface area contributed by atoms with Gasteiger partial charge in [0.05, 0.1) is 7.11 Å². The Morgan fingerprint density at radius 2 is 1.92 bits per heavy atom. The zero-order valence-electron chi connectivity index (χ0n) is 14.9. The van der Waals surface area contributed by atoms with Crippen LogP contribution in [0.15, 0.2) is 30.3 Å². The van der Waals surface area contributed by atoms with Gasteiger partial charge in [0, 0.05) is 18.5 Å². The normalized spacial score (nSPS) is 20.2. The first-order valence-corrected chi connectivity index (χ1v) is 11.8. The molecule has 1 unspecified atom stereocenters. The third kappa shape index (κ3) is 3.88. The Morgan fingerprint density at radius 1 is 1.25 bits per heavy atom. The molecule has 0 saturated carbocycles. The molecule has 5 heteroatoms. The lowest BCUT2D eigenvalue weighted by molar-refractivity contribution is -0.151. The molecular weight excluding hydrogens is 318 g/mol. The number of rotatable bonds is 3.